The molecule has 140 valence electrons. The average molecular weight is 365 g/mol. The van der Waals surface area contributed by atoms with Gasteiger partial charge in [0.2, 0.25) is 5.91 Å². The molecule has 0 unspecified atom stereocenters. The number of nitrogens with one attached hydrogen (secondary N) is 2. The zero-order valence-electron chi connectivity index (χ0n) is 15.5. The fourth-order valence-corrected chi connectivity index (χ4v) is 3.17. The van der Waals surface area contributed by atoms with Crippen molar-refractivity contribution >= 4 is 23.5 Å². The minimum Gasteiger partial charge on any atom is -0.326 e. The lowest BCUT2D eigenvalue weighted by Crippen LogP contribution is -2.38. The maximum Gasteiger partial charge on any atom is 0.325 e. The molecular weight excluding hydrogens is 342 g/mol. The number of nitrogens with zero attached hydrogens (tertiary/aromatic N) is 1. The van der Waals surface area contributed by atoms with Crippen LogP contribution in [0.5, 0.6) is 0 Å². The predicted octanol–water partition coefficient (Wildman–Crippen LogP) is 2.80. The number of benzene rings is 2. The van der Waals surface area contributed by atoms with Crippen molar-refractivity contribution in [3.63, 3.8) is 0 Å². The summed E-state index contributed by atoms with van der Waals surface area (Å²) in [6, 6.07) is 14.3. The molecule has 4 amide bonds. The molecule has 1 atom stereocenters. The van der Waals surface area contributed by atoms with Gasteiger partial charge in [-0.15, -0.1) is 0 Å². The van der Waals surface area contributed by atoms with Crippen molar-refractivity contribution in [3.05, 3.63) is 65.2 Å². The van der Waals surface area contributed by atoms with E-state index < -0.39 is 18.0 Å². The van der Waals surface area contributed by atoms with Crippen LogP contribution in [0.3, 0.4) is 0 Å². The quantitative estimate of drug-likeness (QED) is 0.773. The summed E-state index contributed by atoms with van der Waals surface area (Å²) < 4.78 is 0. The highest BCUT2D eigenvalue weighted by Crippen LogP contribution is 2.17. The molecular formula is C21H23N3O3. The summed E-state index contributed by atoms with van der Waals surface area (Å²) in [5.41, 5.74) is 3.81. The van der Waals surface area contributed by atoms with Gasteiger partial charge >= 0.3 is 6.03 Å². The molecule has 1 heterocycles. The monoisotopic (exact) mass is 365 g/mol. The van der Waals surface area contributed by atoms with Crippen LogP contribution in [0.1, 0.15) is 23.1 Å². The van der Waals surface area contributed by atoms with Crippen LogP contribution >= 0.6 is 0 Å². The number of imide groups is 1. The Bertz CT molecular complexity index is 864. The summed E-state index contributed by atoms with van der Waals surface area (Å²) in [7, 11) is 0. The normalized spacial score (nSPS) is 16.4. The highest BCUT2D eigenvalue weighted by Gasteiger charge is 2.38. The van der Waals surface area contributed by atoms with Crippen molar-refractivity contribution in [3.8, 4) is 0 Å². The van der Waals surface area contributed by atoms with E-state index in [-0.39, 0.29) is 12.5 Å². The summed E-state index contributed by atoms with van der Waals surface area (Å²) in [6.07, 6.45) is 1.18. The van der Waals surface area contributed by atoms with Crippen molar-refractivity contribution in [1.82, 2.24) is 10.2 Å². The molecule has 1 saturated heterocycles. The summed E-state index contributed by atoms with van der Waals surface area (Å²) in [5.74, 6) is -0.749. The molecule has 2 N–H and O–H groups in total. The van der Waals surface area contributed by atoms with E-state index in [1.807, 2.05) is 62.4 Å². The minimum atomic E-state index is -0.591. The fourth-order valence-electron chi connectivity index (χ4n) is 3.17. The molecule has 1 fully saturated rings. The van der Waals surface area contributed by atoms with Gasteiger partial charge in [0.1, 0.15) is 12.6 Å². The zero-order chi connectivity index (χ0) is 19.4. The third-order valence-electron chi connectivity index (χ3n) is 4.63. The van der Waals surface area contributed by atoms with Gasteiger partial charge in [-0.25, -0.2) is 4.79 Å². The number of aryl methyl sites for hydroxylation is 3. The van der Waals surface area contributed by atoms with Crippen LogP contribution in [-0.2, 0) is 16.0 Å². The van der Waals surface area contributed by atoms with Gasteiger partial charge in [-0.2, -0.15) is 0 Å². The zero-order valence-corrected chi connectivity index (χ0v) is 15.5. The number of carbonyl (C=O) groups excluding carboxylic acids is 3. The molecule has 0 saturated carbocycles. The summed E-state index contributed by atoms with van der Waals surface area (Å²) in [4.78, 5) is 37.9. The number of anilines is 1. The van der Waals surface area contributed by atoms with E-state index in [4.69, 9.17) is 0 Å². The number of amides is 4. The Morgan fingerprint density at radius 1 is 1.11 bits per heavy atom. The van der Waals surface area contributed by atoms with Crippen molar-refractivity contribution in [1.29, 1.82) is 0 Å². The fraction of sp³-hybridized carbons (Fsp3) is 0.286. The Balaban J connectivity index is 1.57. The average Bonchev–Trinajstić information content (AvgIpc) is 2.91. The lowest BCUT2D eigenvalue weighted by molar-refractivity contribution is -0.130. The Hall–Kier alpha value is -3.15. The van der Waals surface area contributed by atoms with Gasteiger partial charge < -0.3 is 10.6 Å². The van der Waals surface area contributed by atoms with Crippen LogP contribution < -0.4 is 10.6 Å². The minimum absolute atomic E-state index is 0.292. The highest BCUT2D eigenvalue weighted by molar-refractivity contribution is 6.08. The maximum absolute atomic E-state index is 12.5. The Labute approximate surface area is 158 Å². The smallest absolute Gasteiger partial charge is 0.325 e. The molecule has 0 bridgehead atoms. The van der Waals surface area contributed by atoms with Crippen LogP contribution in [0.25, 0.3) is 0 Å². The van der Waals surface area contributed by atoms with Crippen LogP contribution in [-0.4, -0.2) is 35.3 Å². The van der Waals surface area contributed by atoms with Gasteiger partial charge in [-0.3, -0.25) is 14.5 Å². The number of rotatable bonds is 6. The van der Waals surface area contributed by atoms with Gasteiger partial charge in [-0.05, 0) is 43.9 Å². The van der Waals surface area contributed by atoms with E-state index >= 15 is 0 Å². The first-order chi connectivity index (χ1) is 12.9. The van der Waals surface area contributed by atoms with Crippen LogP contribution in [0.2, 0.25) is 0 Å². The first kappa shape index (κ1) is 18.6. The topological polar surface area (TPSA) is 78.5 Å². The van der Waals surface area contributed by atoms with Crippen molar-refractivity contribution in [2.24, 2.45) is 0 Å². The van der Waals surface area contributed by atoms with Crippen LogP contribution in [0.4, 0.5) is 10.5 Å². The molecule has 2 aromatic carbocycles. The lowest BCUT2D eigenvalue weighted by atomic mass is 10.1. The molecule has 2 aromatic rings. The van der Waals surface area contributed by atoms with Gasteiger partial charge in [-0.1, -0.05) is 48.0 Å². The highest BCUT2D eigenvalue weighted by atomic mass is 16.2. The second-order valence-corrected chi connectivity index (χ2v) is 6.82. The number of urea groups is 1. The molecule has 0 aliphatic carbocycles. The Morgan fingerprint density at radius 2 is 1.85 bits per heavy atom. The van der Waals surface area contributed by atoms with Gasteiger partial charge in [0.15, 0.2) is 0 Å². The van der Waals surface area contributed by atoms with E-state index in [0.717, 1.165) is 21.6 Å². The summed E-state index contributed by atoms with van der Waals surface area (Å²) >= 11 is 0. The third kappa shape index (κ3) is 4.53. The van der Waals surface area contributed by atoms with E-state index in [9.17, 15) is 14.4 Å². The summed E-state index contributed by atoms with van der Waals surface area (Å²) in [5, 5.41) is 5.43. The first-order valence-corrected chi connectivity index (χ1v) is 8.97. The van der Waals surface area contributed by atoms with Gasteiger partial charge in [0.05, 0.1) is 0 Å². The van der Waals surface area contributed by atoms with Crippen molar-refractivity contribution in [2.75, 3.05) is 11.9 Å². The van der Waals surface area contributed by atoms with E-state index in [2.05, 4.69) is 10.6 Å². The molecule has 0 spiro atoms. The number of hydrogen-bond donors (Lipinski definition) is 2. The second-order valence-electron chi connectivity index (χ2n) is 6.82. The first-order valence-electron chi connectivity index (χ1n) is 8.97. The number of carbonyl (C=O) groups is 3. The molecule has 0 aromatic heterocycles. The molecule has 3 rings (SSSR count). The number of hydrogen-bond acceptors (Lipinski definition) is 3. The SMILES string of the molecule is Cc1ccc(NC(=O)CN2C(=O)N[C@@H](CCc3ccccc3)C2=O)c(C)c1. The molecule has 6 heteroatoms. The van der Waals surface area contributed by atoms with Crippen LogP contribution in [0, 0.1) is 13.8 Å². The van der Waals surface area contributed by atoms with Gasteiger partial charge in [0.25, 0.3) is 5.91 Å². The van der Waals surface area contributed by atoms with Gasteiger partial charge in [0, 0.05) is 5.69 Å². The Morgan fingerprint density at radius 3 is 2.56 bits per heavy atom. The van der Waals surface area contributed by atoms with E-state index in [0.29, 0.717) is 18.5 Å². The lowest BCUT2D eigenvalue weighted by Gasteiger charge is -2.14. The van der Waals surface area contributed by atoms with Crippen molar-refractivity contribution < 1.29 is 14.4 Å². The van der Waals surface area contributed by atoms with Crippen LogP contribution in [0.15, 0.2) is 48.5 Å². The summed E-state index contributed by atoms with van der Waals surface area (Å²) in [6.45, 7) is 3.58. The van der Waals surface area contributed by atoms with E-state index in [1.54, 1.807) is 0 Å². The molecule has 1 aliphatic heterocycles. The molecule has 0 radical (unpaired) electrons. The standard InChI is InChI=1S/C21H23N3O3/c1-14-8-10-17(15(2)12-14)22-19(25)13-24-20(26)18(23-21(24)27)11-9-16-6-4-3-5-7-16/h3-8,10,12,18H,9,11,13H2,1-2H3,(H,22,25)(H,23,27)/t18-/m0/s1. The maximum atomic E-state index is 12.5. The molecule has 1 aliphatic rings. The van der Waals surface area contributed by atoms with Crippen molar-refractivity contribution in [2.45, 2.75) is 32.7 Å². The Kier molecular flexibility index (Phi) is 5.54. The predicted molar refractivity (Wildman–Crippen MR) is 103 cm³/mol. The third-order valence-corrected chi connectivity index (χ3v) is 4.63. The molecule has 27 heavy (non-hydrogen) atoms. The second kappa shape index (κ2) is 8.03. The molecule has 6 nitrogen and oxygen atoms in total. The largest absolute Gasteiger partial charge is 0.326 e. The van der Waals surface area contributed by atoms with E-state index in [1.165, 1.54) is 0 Å².